The van der Waals surface area contributed by atoms with Gasteiger partial charge in [0.05, 0.1) is 12.2 Å². The number of aliphatic hydroxyl groups excluding tert-OH is 2. The van der Waals surface area contributed by atoms with Gasteiger partial charge in [-0.2, -0.15) is 0 Å². The Kier molecular flexibility index (Phi) is 19.5. The number of aliphatic hydroxyl groups is 2. The SMILES string of the molecule is CCCCCCCCCCCCC(O)CN(CCCNC)CC(O)CC. The fraction of sp³-hybridized carbons (Fsp3) is 1.00. The van der Waals surface area contributed by atoms with Crippen LogP contribution in [0.15, 0.2) is 0 Å². The minimum absolute atomic E-state index is 0.261. The van der Waals surface area contributed by atoms with Gasteiger partial charge < -0.3 is 15.5 Å². The van der Waals surface area contributed by atoms with Gasteiger partial charge in [-0.25, -0.2) is 0 Å². The van der Waals surface area contributed by atoms with Crippen molar-refractivity contribution in [3.8, 4) is 0 Å². The Hall–Kier alpha value is -0.160. The zero-order valence-corrected chi connectivity index (χ0v) is 18.0. The summed E-state index contributed by atoms with van der Waals surface area (Å²) in [6.07, 6.45) is 15.5. The van der Waals surface area contributed by atoms with Gasteiger partial charge in [0.2, 0.25) is 0 Å². The van der Waals surface area contributed by atoms with Gasteiger partial charge in [-0.15, -0.1) is 0 Å². The van der Waals surface area contributed by atoms with E-state index in [1.165, 1.54) is 57.8 Å². The van der Waals surface area contributed by atoms with E-state index in [0.717, 1.165) is 38.8 Å². The van der Waals surface area contributed by atoms with Crippen molar-refractivity contribution in [2.24, 2.45) is 0 Å². The molecule has 158 valence electrons. The first-order chi connectivity index (χ1) is 12.6. The summed E-state index contributed by atoms with van der Waals surface area (Å²) in [5, 5.41) is 23.4. The molecule has 26 heavy (non-hydrogen) atoms. The molecule has 0 radical (unpaired) electrons. The molecule has 0 fully saturated rings. The summed E-state index contributed by atoms with van der Waals surface area (Å²) in [6.45, 7) is 7.56. The summed E-state index contributed by atoms with van der Waals surface area (Å²) in [5.41, 5.74) is 0. The fourth-order valence-electron chi connectivity index (χ4n) is 3.42. The lowest BCUT2D eigenvalue weighted by Gasteiger charge is -2.27. The van der Waals surface area contributed by atoms with E-state index < -0.39 is 0 Å². The van der Waals surface area contributed by atoms with Crippen LogP contribution in [-0.4, -0.2) is 60.5 Å². The van der Waals surface area contributed by atoms with E-state index in [4.69, 9.17) is 0 Å². The van der Waals surface area contributed by atoms with Crippen molar-refractivity contribution in [1.82, 2.24) is 10.2 Å². The van der Waals surface area contributed by atoms with E-state index in [0.29, 0.717) is 13.1 Å². The highest BCUT2D eigenvalue weighted by atomic mass is 16.3. The number of unbranched alkanes of at least 4 members (excludes halogenated alkanes) is 9. The predicted molar refractivity (Wildman–Crippen MR) is 114 cm³/mol. The monoisotopic (exact) mass is 372 g/mol. The number of nitrogens with one attached hydrogen (secondary N) is 1. The van der Waals surface area contributed by atoms with Crippen LogP contribution in [0.5, 0.6) is 0 Å². The number of hydrogen-bond acceptors (Lipinski definition) is 4. The fourth-order valence-corrected chi connectivity index (χ4v) is 3.42. The molecule has 0 aromatic rings. The summed E-state index contributed by atoms with van der Waals surface area (Å²) < 4.78 is 0. The highest BCUT2D eigenvalue weighted by Crippen LogP contribution is 2.12. The van der Waals surface area contributed by atoms with Gasteiger partial charge in [0.15, 0.2) is 0 Å². The molecule has 0 heterocycles. The average Bonchev–Trinajstić information content (AvgIpc) is 2.63. The third-order valence-corrected chi connectivity index (χ3v) is 5.20. The van der Waals surface area contributed by atoms with Gasteiger partial charge in [-0.3, -0.25) is 4.90 Å². The minimum Gasteiger partial charge on any atom is -0.392 e. The van der Waals surface area contributed by atoms with Crippen molar-refractivity contribution < 1.29 is 10.2 Å². The van der Waals surface area contributed by atoms with Crippen LogP contribution in [0.2, 0.25) is 0 Å². The first kappa shape index (κ1) is 25.8. The molecule has 4 heteroatoms. The molecule has 4 nitrogen and oxygen atoms in total. The van der Waals surface area contributed by atoms with Crippen LogP contribution < -0.4 is 5.32 Å². The lowest BCUT2D eigenvalue weighted by atomic mass is 10.0. The topological polar surface area (TPSA) is 55.7 Å². The van der Waals surface area contributed by atoms with Crippen molar-refractivity contribution in [2.45, 2.75) is 110 Å². The lowest BCUT2D eigenvalue weighted by molar-refractivity contribution is 0.0628. The van der Waals surface area contributed by atoms with Crippen LogP contribution in [0.25, 0.3) is 0 Å². The highest BCUT2D eigenvalue weighted by Gasteiger charge is 2.14. The Morgan fingerprint density at radius 2 is 1.27 bits per heavy atom. The zero-order chi connectivity index (χ0) is 19.5. The quantitative estimate of drug-likeness (QED) is 0.278. The van der Waals surface area contributed by atoms with Crippen molar-refractivity contribution in [3.05, 3.63) is 0 Å². The molecule has 0 saturated heterocycles. The lowest BCUT2D eigenvalue weighted by Crippen LogP contribution is -2.39. The first-order valence-electron chi connectivity index (χ1n) is 11.4. The van der Waals surface area contributed by atoms with Crippen LogP contribution >= 0.6 is 0 Å². The van der Waals surface area contributed by atoms with E-state index in [-0.39, 0.29) is 12.2 Å². The molecule has 0 rings (SSSR count). The van der Waals surface area contributed by atoms with Crippen molar-refractivity contribution in [2.75, 3.05) is 33.2 Å². The van der Waals surface area contributed by atoms with Gasteiger partial charge >= 0.3 is 0 Å². The molecule has 0 saturated carbocycles. The molecule has 0 aromatic heterocycles. The molecule has 0 bridgehead atoms. The predicted octanol–water partition coefficient (Wildman–Crippen LogP) is 4.34. The van der Waals surface area contributed by atoms with E-state index in [1.54, 1.807) is 0 Å². The van der Waals surface area contributed by atoms with Crippen molar-refractivity contribution in [1.29, 1.82) is 0 Å². The molecule has 0 aliphatic rings. The van der Waals surface area contributed by atoms with Gasteiger partial charge in [0.1, 0.15) is 0 Å². The third kappa shape index (κ3) is 17.3. The Morgan fingerprint density at radius 1 is 0.731 bits per heavy atom. The molecule has 0 amide bonds. The van der Waals surface area contributed by atoms with E-state index >= 15 is 0 Å². The second-order valence-corrected chi connectivity index (χ2v) is 7.90. The minimum atomic E-state index is -0.283. The Morgan fingerprint density at radius 3 is 1.81 bits per heavy atom. The van der Waals surface area contributed by atoms with Gasteiger partial charge in [0, 0.05) is 13.1 Å². The molecule has 0 spiro atoms. The summed E-state index contributed by atoms with van der Waals surface area (Å²) in [4.78, 5) is 2.23. The molecule has 0 aromatic carbocycles. The molecule has 0 aliphatic carbocycles. The summed E-state index contributed by atoms with van der Waals surface area (Å²) >= 11 is 0. The second kappa shape index (κ2) is 19.6. The maximum Gasteiger partial charge on any atom is 0.0667 e. The van der Waals surface area contributed by atoms with Crippen LogP contribution in [-0.2, 0) is 0 Å². The largest absolute Gasteiger partial charge is 0.392 e. The molecular weight excluding hydrogens is 324 g/mol. The summed E-state index contributed by atoms with van der Waals surface area (Å²) in [5.74, 6) is 0. The van der Waals surface area contributed by atoms with Crippen molar-refractivity contribution >= 4 is 0 Å². The average molecular weight is 373 g/mol. The summed E-state index contributed by atoms with van der Waals surface area (Å²) in [6, 6.07) is 0. The van der Waals surface area contributed by atoms with Crippen molar-refractivity contribution in [3.63, 3.8) is 0 Å². The number of rotatable bonds is 20. The molecule has 2 atom stereocenters. The molecule has 3 N–H and O–H groups in total. The van der Waals surface area contributed by atoms with Gasteiger partial charge in [-0.05, 0) is 39.4 Å². The Labute approximate surface area is 163 Å². The van der Waals surface area contributed by atoms with Crippen LogP contribution in [0.4, 0.5) is 0 Å². The Balaban J connectivity index is 3.72. The molecular formula is C22H48N2O2. The normalized spacial score (nSPS) is 14.1. The first-order valence-corrected chi connectivity index (χ1v) is 11.4. The smallest absolute Gasteiger partial charge is 0.0667 e. The standard InChI is InChI=1S/C22H48N2O2/c1-4-6-7-8-9-10-11-12-13-14-16-22(26)20-24(18-15-17-23-3)19-21(25)5-2/h21-23,25-26H,4-20H2,1-3H3. The highest BCUT2D eigenvalue weighted by molar-refractivity contribution is 4.69. The number of nitrogens with zero attached hydrogens (tertiary/aromatic N) is 1. The van der Waals surface area contributed by atoms with E-state index in [2.05, 4.69) is 17.1 Å². The van der Waals surface area contributed by atoms with Gasteiger partial charge in [-0.1, -0.05) is 78.1 Å². The molecule has 2 unspecified atom stereocenters. The van der Waals surface area contributed by atoms with Gasteiger partial charge in [0.25, 0.3) is 0 Å². The van der Waals surface area contributed by atoms with E-state index in [9.17, 15) is 10.2 Å². The Bertz CT molecular complexity index is 277. The van der Waals surface area contributed by atoms with Crippen LogP contribution in [0.3, 0.4) is 0 Å². The molecule has 0 aliphatic heterocycles. The zero-order valence-electron chi connectivity index (χ0n) is 18.0. The van der Waals surface area contributed by atoms with E-state index in [1.807, 2.05) is 14.0 Å². The van der Waals surface area contributed by atoms with Crippen LogP contribution in [0.1, 0.15) is 97.3 Å². The second-order valence-electron chi connectivity index (χ2n) is 7.90. The third-order valence-electron chi connectivity index (χ3n) is 5.20. The van der Waals surface area contributed by atoms with Crippen LogP contribution in [0, 0.1) is 0 Å². The maximum atomic E-state index is 10.3. The summed E-state index contributed by atoms with van der Waals surface area (Å²) in [7, 11) is 1.96. The number of hydrogen-bond donors (Lipinski definition) is 3. The maximum absolute atomic E-state index is 10.3.